The number of carbonyl (C=O) groups is 3. The molecule has 0 amide bonds. The second kappa shape index (κ2) is 8.42. The summed E-state index contributed by atoms with van der Waals surface area (Å²) in [5.74, 6) is -5.07. The Hall–Kier alpha value is -1.73. The first-order chi connectivity index (χ1) is 13.5. The molecule has 2 rings (SSSR count). The lowest BCUT2D eigenvalue weighted by Crippen LogP contribution is -2.56. The molecule has 7 heteroatoms. The molecule has 0 radical (unpaired) electrons. The molecule has 1 aromatic carbocycles. The van der Waals surface area contributed by atoms with Gasteiger partial charge in [0, 0.05) is 16.8 Å². The maximum absolute atomic E-state index is 13.2. The first-order valence-electron chi connectivity index (χ1n) is 9.98. The Morgan fingerprint density at radius 3 is 1.93 bits per heavy atom. The van der Waals surface area contributed by atoms with Crippen molar-refractivity contribution in [3.63, 3.8) is 0 Å². The number of hydrogen-bond acceptors (Lipinski definition) is 6. The fourth-order valence-electron chi connectivity index (χ4n) is 3.83. The summed E-state index contributed by atoms with van der Waals surface area (Å²) >= 11 is 3.37. The van der Waals surface area contributed by atoms with Crippen molar-refractivity contribution in [3.8, 4) is 0 Å². The third-order valence-electron chi connectivity index (χ3n) is 4.84. The van der Waals surface area contributed by atoms with E-state index in [4.69, 9.17) is 9.47 Å². The van der Waals surface area contributed by atoms with Crippen LogP contribution in [0.3, 0.4) is 0 Å². The van der Waals surface area contributed by atoms with Gasteiger partial charge in [-0.2, -0.15) is 0 Å². The van der Waals surface area contributed by atoms with Gasteiger partial charge in [-0.15, -0.1) is 0 Å². The zero-order chi connectivity index (χ0) is 23.1. The van der Waals surface area contributed by atoms with Crippen LogP contribution in [-0.4, -0.2) is 39.6 Å². The molecule has 166 valence electrons. The van der Waals surface area contributed by atoms with Gasteiger partial charge in [-0.3, -0.25) is 14.4 Å². The van der Waals surface area contributed by atoms with Crippen LogP contribution in [0.5, 0.6) is 0 Å². The molecule has 4 atom stereocenters. The van der Waals surface area contributed by atoms with Gasteiger partial charge < -0.3 is 14.6 Å². The van der Waals surface area contributed by atoms with Crippen molar-refractivity contribution in [3.05, 3.63) is 34.3 Å². The molecule has 1 fully saturated rings. The molecule has 1 aromatic rings. The predicted molar refractivity (Wildman–Crippen MR) is 116 cm³/mol. The maximum atomic E-state index is 13.2. The lowest BCUT2D eigenvalue weighted by atomic mass is 9.61. The van der Waals surface area contributed by atoms with Crippen LogP contribution >= 0.6 is 15.9 Å². The SMILES string of the molecule is CC(C)(C)OC(=O)[C@H]1C(=O)C[C@](C)(O)[C@@H](C(=O)OC(C)(C)C)[C@@H]1c1ccc(Br)cc1. The Bertz CT molecular complexity index is 814. The third kappa shape index (κ3) is 5.91. The molecule has 1 N–H and O–H groups in total. The van der Waals surface area contributed by atoms with E-state index in [1.807, 2.05) is 0 Å². The molecule has 0 saturated heterocycles. The van der Waals surface area contributed by atoms with Gasteiger partial charge in [-0.05, 0) is 66.2 Å². The Balaban J connectivity index is 2.62. The second-order valence-corrected chi connectivity index (χ2v) is 11.0. The van der Waals surface area contributed by atoms with Crippen LogP contribution in [0.4, 0.5) is 0 Å². The largest absolute Gasteiger partial charge is 0.460 e. The van der Waals surface area contributed by atoms with Crippen LogP contribution in [0.15, 0.2) is 28.7 Å². The van der Waals surface area contributed by atoms with E-state index in [9.17, 15) is 19.5 Å². The molecule has 0 aliphatic heterocycles. The Labute approximate surface area is 186 Å². The molecule has 0 bridgehead atoms. The van der Waals surface area contributed by atoms with Gasteiger partial charge in [0.05, 0.1) is 11.5 Å². The van der Waals surface area contributed by atoms with E-state index in [0.29, 0.717) is 5.56 Å². The normalized spacial score (nSPS) is 27.5. The highest BCUT2D eigenvalue weighted by atomic mass is 79.9. The van der Waals surface area contributed by atoms with Gasteiger partial charge in [0.1, 0.15) is 17.1 Å². The van der Waals surface area contributed by atoms with E-state index in [1.165, 1.54) is 6.92 Å². The van der Waals surface area contributed by atoms with E-state index < -0.39 is 52.3 Å². The Kier molecular flexibility index (Phi) is 6.89. The van der Waals surface area contributed by atoms with Gasteiger partial charge in [-0.25, -0.2) is 0 Å². The second-order valence-electron chi connectivity index (χ2n) is 10.1. The van der Waals surface area contributed by atoms with E-state index in [-0.39, 0.29) is 6.42 Å². The Morgan fingerprint density at radius 2 is 1.47 bits per heavy atom. The molecule has 6 nitrogen and oxygen atoms in total. The molecule has 0 aromatic heterocycles. The van der Waals surface area contributed by atoms with Crippen LogP contribution in [0.1, 0.15) is 66.4 Å². The molecule has 1 aliphatic rings. The highest BCUT2D eigenvalue weighted by Crippen LogP contribution is 2.47. The van der Waals surface area contributed by atoms with Crippen molar-refractivity contribution < 1.29 is 29.0 Å². The van der Waals surface area contributed by atoms with Crippen molar-refractivity contribution in [2.24, 2.45) is 11.8 Å². The topological polar surface area (TPSA) is 89.9 Å². The third-order valence-corrected chi connectivity index (χ3v) is 5.37. The van der Waals surface area contributed by atoms with Crippen LogP contribution in [0, 0.1) is 11.8 Å². The fraction of sp³-hybridized carbons (Fsp3) is 0.609. The first-order valence-corrected chi connectivity index (χ1v) is 10.8. The van der Waals surface area contributed by atoms with E-state index >= 15 is 0 Å². The maximum Gasteiger partial charge on any atom is 0.317 e. The van der Waals surface area contributed by atoms with Crippen molar-refractivity contribution in [1.29, 1.82) is 0 Å². The molecule has 0 spiro atoms. The van der Waals surface area contributed by atoms with E-state index in [0.717, 1.165) is 4.47 Å². The standard InChI is InChI=1S/C23H31BrO6/c1-21(2,3)29-19(26)17-15(25)12-23(7,28)18(20(27)30-22(4,5)6)16(17)13-8-10-14(24)11-9-13/h8-11,16-18,28H,12H2,1-7H3/t16-,17+,18-,23+/m1/s1. The number of benzene rings is 1. The van der Waals surface area contributed by atoms with Gasteiger partial charge in [-0.1, -0.05) is 28.1 Å². The van der Waals surface area contributed by atoms with Crippen molar-refractivity contribution in [2.45, 2.75) is 77.6 Å². The zero-order valence-electron chi connectivity index (χ0n) is 18.6. The summed E-state index contributed by atoms with van der Waals surface area (Å²) in [6, 6.07) is 7.00. The average molecular weight is 483 g/mol. The van der Waals surface area contributed by atoms with Crippen LogP contribution in [0.2, 0.25) is 0 Å². The van der Waals surface area contributed by atoms with E-state index in [1.54, 1.807) is 65.8 Å². The van der Waals surface area contributed by atoms with Gasteiger partial charge in [0.2, 0.25) is 0 Å². The summed E-state index contributed by atoms with van der Waals surface area (Å²) in [6.45, 7) is 11.8. The lowest BCUT2D eigenvalue weighted by molar-refractivity contribution is -0.182. The van der Waals surface area contributed by atoms with Gasteiger partial charge in [0.25, 0.3) is 0 Å². The molecule has 0 heterocycles. The number of hydrogen-bond donors (Lipinski definition) is 1. The quantitative estimate of drug-likeness (QED) is 0.513. The highest BCUT2D eigenvalue weighted by Gasteiger charge is 2.57. The number of aliphatic hydroxyl groups is 1. The zero-order valence-corrected chi connectivity index (χ0v) is 20.2. The van der Waals surface area contributed by atoms with E-state index in [2.05, 4.69) is 15.9 Å². The molecular weight excluding hydrogens is 452 g/mol. The summed E-state index contributed by atoms with van der Waals surface area (Å²) in [7, 11) is 0. The molecule has 1 saturated carbocycles. The summed E-state index contributed by atoms with van der Waals surface area (Å²) in [4.78, 5) is 39.3. The first kappa shape index (κ1) is 24.5. The van der Waals surface area contributed by atoms with Crippen LogP contribution in [0.25, 0.3) is 0 Å². The molecule has 30 heavy (non-hydrogen) atoms. The van der Waals surface area contributed by atoms with Crippen molar-refractivity contribution >= 4 is 33.7 Å². The van der Waals surface area contributed by atoms with Gasteiger partial charge >= 0.3 is 11.9 Å². The highest BCUT2D eigenvalue weighted by molar-refractivity contribution is 9.10. The summed E-state index contributed by atoms with van der Waals surface area (Å²) in [5.41, 5.74) is -2.68. The monoisotopic (exact) mass is 482 g/mol. The molecule has 1 aliphatic carbocycles. The number of esters is 2. The summed E-state index contributed by atoms with van der Waals surface area (Å²) < 4.78 is 11.9. The fourth-order valence-corrected chi connectivity index (χ4v) is 4.10. The Morgan fingerprint density at radius 1 is 1.00 bits per heavy atom. The minimum absolute atomic E-state index is 0.339. The minimum Gasteiger partial charge on any atom is -0.460 e. The number of carbonyl (C=O) groups excluding carboxylic acids is 3. The number of rotatable bonds is 3. The van der Waals surface area contributed by atoms with Gasteiger partial charge in [0.15, 0.2) is 5.78 Å². The summed E-state index contributed by atoms with van der Waals surface area (Å²) in [6.07, 6.45) is -0.339. The smallest absolute Gasteiger partial charge is 0.317 e. The van der Waals surface area contributed by atoms with Crippen molar-refractivity contribution in [2.75, 3.05) is 0 Å². The number of Topliss-reactive ketones (excluding diaryl/α,β-unsaturated/α-hetero) is 1. The minimum atomic E-state index is -1.67. The molecule has 0 unspecified atom stereocenters. The lowest BCUT2D eigenvalue weighted by Gasteiger charge is -2.44. The van der Waals surface area contributed by atoms with Crippen LogP contribution < -0.4 is 0 Å². The van der Waals surface area contributed by atoms with Crippen LogP contribution in [-0.2, 0) is 23.9 Å². The average Bonchev–Trinajstić information content (AvgIpc) is 2.50. The number of halogens is 1. The number of ether oxygens (including phenoxy) is 2. The number of ketones is 1. The van der Waals surface area contributed by atoms with Crippen molar-refractivity contribution in [1.82, 2.24) is 0 Å². The predicted octanol–water partition coefficient (Wildman–Crippen LogP) is 4.17. The summed E-state index contributed by atoms with van der Waals surface area (Å²) in [5, 5.41) is 11.1. The molecular formula is C23H31BrO6.